The van der Waals surface area contributed by atoms with Crippen molar-refractivity contribution in [3.05, 3.63) is 95.3 Å². The van der Waals surface area contributed by atoms with Gasteiger partial charge in [-0.3, -0.25) is 9.69 Å². The first-order valence-electron chi connectivity index (χ1n) is 14.6. The van der Waals surface area contributed by atoms with Crippen molar-refractivity contribution in [2.75, 3.05) is 17.2 Å². The highest BCUT2D eigenvalue weighted by molar-refractivity contribution is 8.15. The monoisotopic (exact) mass is 650 g/mol. The van der Waals surface area contributed by atoms with Crippen LogP contribution in [0.4, 0.5) is 18.9 Å². The van der Waals surface area contributed by atoms with Crippen LogP contribution in [0.2, 0.25) is 0 Å². The molecule has 1 fully saturated rings. The highest BCUT2D eigenvalue weighted by Crippen LogP contribution is 2.34. The maximum absolute atomic E-state index is 12.9. The Bertz CT molecular complexity index is 1720. The fourth-order valence-corrected chi connectivity index (χ4v) is 6.10. The third kappa shape index (κ3) is 7.98. The number of hydrogen-bond donors (Lipinski definition) is 1. The summed E-state index contributed by atoms with van der Waals surface area (Å²) in [5, 5.41) is 8.62. The largest absolute Gasteiger partial charge is 0.416 e. The third-order valence-corrected chi connectivity index (χ3v) is 8.48. The van der Waals surface area contributed by atoms with Crippen LogP contribution >= 0.6 is 24.0 Å². The molecule has 3 aromatic carbocycles. The smallest absolute Gasteiger partial charge is 0.361 e. The first-order chi connectivity index (χ1) is 21.5. The van der Waals surface area contributed by atoms with Gasteiger partial charge in [-0.05, 0) is 97.4 Å². The summed E-state index contributed by atoms with van der Waals surface area (Å²) in [5.74, 6) is 1.08. The fraction of sp³-hybridized carbons (Fsp3) is 0.303. The topological polar surface area (TPSA) is 75.4 Å². The number of nitrogens with zero attached hydrogens (tertiary/aromatic N) is 5. The summed E-state index contributed by atoms with van der Waals surface area (Å²) in [6.45, 7) is 6.88. The molecule has 5 rings (SSSR count). The second-order valence-electron chi connectivity index (χ2n) is 11.1. The van der Waals surface area contributed by atoms with Crippen molar-refractivity contribution in [1.82, 2.24) is 20.1 Å². The summed E-state index contributed by atoms with van der Waals surface area (Å²) >= 11 is 6.90. The zero-order valence-electron chi connectivity index (χ0n) is 25.1. The Morgan fingerprint density at radius 1 is 1.09 bits per heavy atom. The summed E-state index contributed by atoms with van der Waals surface area (Å²) in [4.78, 5) is 23.5. The Labute approximate surface area is 270 Å². The highest BCUT2D eigenvalue weighted by atomic mass is 32.2. The van der Waals surface area contributed by atoms with Crippen LogP contribution in [-0.4, -0.2) is 43.2 Å². The lowest BCUT2D eigenvalue weighted by atomic mass is 9.99. The van der Waals surface area contributed by atoms with Crippen molar-refractivity contribution in [2.24, 2.45) is 4.99 Å². The van der Waals surface area contributed by atoms with Crippen LogP contribution in [0, 0.1) is 6.92 Å². The molecule has 0 aliphatic carbocycles. The molecule has 1 aromatic heterocycles. The first kappa shape index (κ1) is 32.4. The van der Waals surface area contributed by atoms with Crippen LogP contribution < -0.4 is 10.2 Å². The number of anilines is 1. The van der Waals surface area contributed by atoms with Crippen LogP contribution in [0.15, 0.2) is 78.0 Å². The molecule has 4 aromatic rings. The summed E-state index contributed by atoms with van der Waals surface area (Å²) in [6, 6.07) is 18.9. The summed E-state index contributed by atoms with van der Waals surface area (Å²) < 4.78 is 40.1. The lowest BCUT2D eigenvalue weighted by Crippen LogP contribution is -2.32. The van der Waals surface area contributed by atoms with Crippen molar-refractivity contribution in [2.45, 2.75) is 52.1 Å². The first-order valence-corrected chi connectivity index (χ1v) is 16.0. The van der Waals surface area contributed by atoms with Gasteiger partial charge in [0.15, 0.2) is 16.1 Å². The van der Waals surface area contributed by atoms with E-state index in [-0.39, 0.29) is 11.8 Å². The average molecular weight is 651 g/mol. The number of amides is 1. The van der Waals surface area contributed by atoms with E-state index >= 15 is 0 Å². The zero-order valence-corrected chi connectivity index (χ0v) is 26.8. The van der Waals surface area contributed by atoms with Gasteiger partial charge >= 0.3 is 6.18 Å². The van der Waals surface area contributed by atoms with Crippen molar-refractivity contribution >= 4 is 45.9 Å². The van der Waals surface area contributed by atoms with E-state index in [9.17, 15) is 18.0 Å². The lowest BCUT2D eigenvalue weighted by molar-refractivity contribution is -0.137. The van der Waals surface area contributed by atoms with Crippen molar-refractivity contribution in [3.63, 3.8) is 0 Å². The third-order valence-electron chi connectivity index (χ3n) is 7.32. The number of nitrogens with one attached hydrogen (secondary N) is 1. The Hall–Kier alpha value is -4.03. The van der Waals surface area contributed by atoms with Crippen molar-refractivity contribution < 1.29 is 18.0 Å². The number of benzene rings is 3. The Balaban J connectivity index is 1.14. The van der Waals surface area contributed by atoms with Crippen LogP contribution in [0.5, 0.6) is 0 Å². The van der Waals surface area contributed by atoms with E-state index in [1.807, 2.05) is 37.3 Å². The quantitative estimate of drug-likeness (QED) is 0.148. The van der Waals surface area contributed by atoms with Crippen LogP contribution in [-0.2, 0) is 17.4 Å². The SMILES string of the molecule is Cc1ccc(C(C)C)c(N2C(=O)CS/C2=N\C(=S)NCCCCc2cccc(-c3ncn(-c4ccc(C(F)(F)F)cc4)n3)c2)c1. The Morgan fingerprint density at radius 3 is 2.60 bits per heavy atom. The van der Waals surface area contributed by atoms with E-state index in [0.29, 0.717) is 34.1 Å². The van der Waals surface area contributed by atoms with E-state index in [4.69, 9.17) is 12.2 Å². The minimum atomic E-state index is -4.39. The fourth-order valence-electron chi connectivity index (χ4n) is 4.98. The number of halogens is 3. The molecule has 0 bridgehead atoms. The molecule has 1 aliphatic heterocycles. The number of unbranched alkanes of at least 4 members (excludes halogenated alkanes) is 1. The van der Waals surface area contributed by atoms with Gasteiger partial charge in [-0.15, -0.1) is 5.10 Å². The van der Waals surface area contributed by atoms with Gasteiger partial charge in [0.05, 0.1) is 22.7 Å². The summed E-state index contributed by atoms with van der Waals surface area (Å²) in [5.41, 5.74) is 4.77. The minimum absolute atomic E-state index is 0.00200. The molecular formula is C33H33F3N6OS2. The van der Waals surface area contributed by atoms with Gasteiger partial charge in [-0.1, -0.05) is 55.9 Å². The molecule has 1 N–H and O–H groups in total. The van der Waals surface area contributed by atoms with Gasteiger partial charge in [0.2, 0.25) is 5.91 Å². The molecule has 234 valence electrons. The minimum Gasteiger partial charge on any atom is -0.361 e. The van der Waals surface area contributed by atoms with Gasteiger partial charge in [0.25, 0.3) is 0 Å². The van der Waals surface area contributed by atoms with E-state index < -0.39 is 11.7 Å². The Morgan fingerprint density at radius 2 is 1.87 bits per heavy atom. The van der Waals surface area contributed by atoms with Gasteiger partial charge in [-0.25, -0.2) is 9.67 Å². The number of amidine groups is 1. The predicted molar refractivity (Wildman–Crippen MR) is 178 cm³/mol. The normalized spacial score (nSPS) is 14.5. The van der Waals surface area contributed by atoms with E-state index in [1.165, 1.54) is 34.9 Å². The lowest BCUT2D eigenvalue weighted by Gasteiger charge is -2.22. The molecule has 12 heteroatoms. The molecule has 7 nitrogen and oxygen atoms in total. The van der Waals surface area contributed by atoms with E-state index in [2.05, 4.69) is 46.4 Å². The number of aryl methyl sites for hydroxylation is 2. The molecule has 0 spiro atoms. The van der Waals surface area contributed by atoms with Crippen LogP contribution in [0.1, 0.15) is 54.9 Å². The second kappa shape index (κ2) is 13.9. The van der Waals surface area contributed by atoms with Crippen molar-refractivity contribution in [1.29, 1.82) is 0 Å². The second-order valence-corrected chi connectivity index (χ2v) is 12.4. The molecule has 0 saturated carbocycles. The molecule has 0 unspecified atom stereocenters. The van der Waals surface area contributed by atoms with Crippen LogP contribution in [0.25, 0.3) is 17.1 Å². The van der Waals surface area contributed by atoms with Gasteiger partial charge < -0.3 is 5.32 Å². The highest BCUT2D eigenvalue weighted by Gasteiger charge is 2.32. The maximum Gasteiger partial charge on any atom is 0.416 e. The zero-order chi connectivity index (χ0) is 32.1. The number of alkyl halides is 3. The van der Waals surface area contributed by atoms with Crippen LogP contribution in [0.3, 0.4) is 0 Å². The summed E-state index contributed by atoms with van der Waals surface area (Å²) in [7, 11) is 0. The number of carbonyl (C=O) groups excluding carboxylic acids is 1. The van der Waals surface area contributed by atoms with E-state index in [1.54, 1.807) is 4.90 Å². The van der Waals surface area contributed by atoms with Gasteiger partial charge in [0.1, 0.15) is 6.33 Å². The molecule has 0 radical (unpaired) electrons. The number of aliphatic imine (C=N–C) groups is 1. The Kier molecular flexibility index (Phi) is 10.0. The molecule has 45 heavy (non-hydrogen) atoms. The van der Waals surface area contributed by atoms with Crippen molar-refractivity contribution in [3.8, 4) is 17.1 Å². The van der Waals surface area contributed by atoms with E-state index in [0.717, 1.165) is 59.3 Å². The average Bonchev–Trinajstić information content (AvgIpc) is 3.64. The number of aromatic nitrogens is 3. The van der Waals surface area contributed by atoms with Gasteiger partial charge in [0, 0.05) is 12.1 Å². The number of carbonyl (C=O) groups is 1. The molecule has 1 aliphatic rings. The molecular weight excluding hydrogens is 618 g/mol. The standard InChI is InChI=1S/C33H33F3N6OS2/c1-21(2)27-15-10-22(3)17-28(27)42-29(43)19-45-32(42)39-31(44)37-16-5-4-7-23-8-6-9-24(18-23)30-38-20-41(40-30)26-13-11-25(12-14-26)33(34,35)36/h6,8-15,17-18,20-21H,4-5,7,16,19H2,1-3H3,(H,37,44)/b39-32-. The number of hydrogen-bond acceptors (Lipinski definition) is 5. The predicted octanol–water partition coefficient (Wildman–Crippen LogP) is 7.72. The number of thioether (sulfide) groups is 1. The number of thiocarbonyl (C=S) groups is 1. The maximum atomic E-state index is 12.9. The summed E-state index contributed by atoms with van der Waals surface area (Å²) in [6.07, 6.45) is -0.294. The molecule has 0 atom stereocenters. The molecule has 1 saturated heterocycles. The number of rotatable bonds is 9. The molecule has 1 amide bonds. The van der Waals surface area contributed by atoms with Gasteiger partial charge in [-0.2, -0.15) is 18.2 Å². The molecule has 2 heterocycles.